The molecule has 0 aromatic rings. The molecule has 24 heavy (non-hydrogen) atoms. The zero-order chi connectivity index (χ0) is 17.7. The third-order valence-corrected chi connectivity index (χ3v) is 6.56. The van der Waals surface area contributed by atoms with Crippen molar-refractivity contribution in [3.05, 3.63) is 0 Å². The number of carbonyl (C=O) groups excluding carboxylic acids is 1. The molecule has 4 aliphatic rings. The number of carbonyl (C=O) groups is 1. The summed E-state index contributed by atoms with van der Waals surface area (Å²) in [5, 5.41) is 39.5. The zero-order valence-corrected chi connectivity index (χ0v) is 14.7. The van der Waals surface area contributed by atoms with Crippen molar-refractivity contribution in [2.75, 3.05) is 32.8 Å². The summed E-state index contributed by atoms with van der Waals surface area (Å²) in [6, 6.07) is 0. The predicted molar refractivity (Wildman–Crippen MR) is 85.4 cm³/mol. The smallest absolute Gasteiger partial charge is 0.242 e. The van der Waals surface area contributed by atoms with Crippen LogP contribution in [0.2, 0.25) is 0 Å². The number of hydrogen-bond acceptors (Lipinski definition) is 5. The van der Waals surface area contributed by atoms with Crippen LogP contribution in [0.15, 0.2) is 0 Å². The van der Waals surface area contributed by atoms with Gasteiger partial charge in [0.2, 0.25) is 6.17 Å². The molecule has 0 aromatic carbocycles. The van der Waals surface area contributed by atoms with Crippen molar-refractivity contribution in [1.29, 1.82) is 0 Å². The number of unbranched alkanes of at least 4 members (excludes halogenated alkanes) is 1. The molecule has 4 saturated heterocycles. The van der Waals surface area contributed by atoms with Crippen LogP contribution in [0, 0.1) is 10.8 Å². The Hall–Kier alpha value is -0.570. The van der Waals surface area contributed by atoms with E-state index in [9.17, 15) is 20.1 Å². The van der Waals surface area contributed by atoms with Crippen molar-refractivity contribution in [2.24, 2.45) is 10.8 Å². The molecule has 7 heteroatoms. The van der Waals surface area contributed by atoms with Gasteiger partial charge in [0, 0.05) is 0 Å². The van der Waals surface area contributed by atoms with E-state index in [1.165, 1.54) is 0 Å². The minimum Gasteiger partial charge on any atom is -0.394 e. The lowest BCUT2D eigenvalue weighted by Crippen LogP contribution is -3.46. The molecular formula is C17H32N2O5+2. The molecule has 0 saturated carbocycles. The van der Waals surface area contributed by atoms with Gasteiger partial charge in [-0.05, 0) is 13.3 Å². The second-order valence-electron chi connectivity index (χ2n) is 8.51. The third kappa shape index (κ3) is 2.62. The Bertz CT molecular complexity index is 483. The molecule has 0 amide bonds. The SMILES string of the molecule is CCCCC12C[NH+]3CC(C)(C[NH+](C1)C3[C@@H](O)[C@H](O)[C@H](O)CO)C2=O. The van der Waals surface area contributed by atoms with Gasteiger partial charge in [0.05, 0.1) is 19.7 Å². The molecule has 0 aliphatic carbocycles. The van der Waals surface area contributed by atoms with Crippen molar-refractivity contribution < 1.29 is 35.0 Å². The first-order valence-electron chi connectivity index (χ1n) is 9.17. The molecule has 6 N–H and O–H groups in total. The Balaban J connectivity index is 1.84. The summed E-state index contributed by atoms with van der Waals surface area (Å²) in [6.45, 7) is 6.34. The van der Waals surface area contributed by atoms with Gasteiger partial charge in [0.15, 0.2) is 11.9 Å². The molecule has 4 bridgehead atoms. The summed E-state index contributed by atoms with van der Waals surface area (Å²) in [5.74, 6) is 0.389. The van der Waals surface area contributed by atoms with Crippen LogP contribution in [-0.4, -0.2) is 83.5 Å². The van der Waals surface area contributed by atoms with Gasteiger partial charge in [0.1, 0.15) is 36.1 Å². The van der Waals surface area contributed by atoms with Crippen molar-refractivity contribution >= 4 is 5.78 Å². The fourth-order valence-corrected chi connectivity index (χ4v) is 5.63. The predicted octanol–water partition coefficient (Wildman–Crippen LogP) is -4.05. The van der Waals surface area contributed by atoms with Gasteiger partial charge < -0.3 is 20.4 Å². The lowest BCUT2D eigenvalue weighted by molar-refractivity contribution is -1.17. The molecule has 0 aromatic heterocycles. The number of rotatable bonds is 7. The quantitative estimate of drug-likeness (QED) is 0.282. The number of piperidine rings is 2. The fraction of sp³-hybridized carbons (Fsp3) is 0.941. The molecule has 0 spiro atoms. The van der Waals surface area contributed by atoms with Crippen LogP contribution in [0.5, 0.6) is 0 Å². The Morgan fingerprint density at radius 3 is 2.25 bits per heavy atom. The average Bonchev–Trinajstić information content (AvgIpc) is 2.55. The fourth-order valence-electron chi connectivity index (χ4n) is 5.63. The zero-order valence-electron chi connectivity index (χ0n) is 14.7. The molecule has 5 atom stereocenters. The van der Waals surface area contributed by atoms with Crippen LogP contribution in [0.1, 0.15) is 33.1 Å². The van der Waals surface area contributed by atoms with Gasteiger partial charge in [-0.15, -0.1) is 0 Å². The van der Waals surface area contributed by atoms with E-state index in [1.54, 1.807) is 0 Å². The van der Waals surface area contributed by atoms with E-state index < -0.39 is 24.9 Å². The van der Waals surface area contributed by atoms with E-state index in [4.69, 9.17) is 5.11 Å². The van der Waals surface area contributed by atoms with Crippen LogP contribution in [0.25, 0.3) is 0 Å². The average molecular weight is 344 g/mol. The van der Waals surface area contributed by atoms with E-state index in [-0.39, 0.29) is 17.0 Å². The number of aliphatic hydroxyl groups is 4. The highest BCUT2D eigenvalue weighted by Crippen LogP contribution is 2.38. The van der Waals surface area contributed by atoms with Crippen LogP contribution >= 0.6 is 0 Å². The van der Waals surface area contributed by atoms with E-state index in [0.717, 1.165) is 29.1 Å². The summed E-state index contributed by atoms with van der Waals surface area (Å²) in [6.07, 6.45) is -1.09. The molecule has 2 unspecified atom stereocenters. The maximum atomic E-state index is 13.1. The molecular weight excluding hydrogens is 312 g/mol. The minimum atomic E-state index is -1.37. The molecule has 4 heterocycles. The number of ketones is 1. The van der Waals surface area contributed by atoms with Crippen LogP contribution in [0.3, 0.4) is 0 Å². The van der Waals surface area contributed by atoms with Gasteiger partial charge in [-0.1, -0.05) is 19.8 Å². The molecule has 0 radical (unpaired) electrons. The summed E-state index contributed by atoms with van der Waals surface area (Å²) < 4.78 is 0. The topological polar surface area (TPSA) is 107 Å². The monoisotopic (exact) mass is 344 g/mol. The molecule has 4 rings (SSSR count). The second kappa shape index (κ2) is 6.30. The lowest BCUT2D eigenvalue weighted by atomic mass is 9.59. The van der Waals surface area contributed by atoms with Gasteiger partial charge in [-0.2, -0.15) is 0 Å². The first-order chi connectivity index (χ1) is 11.3. The summed E-state index contributed by atoms with van der Waals surface area (Å²) in [4.78, 5) is 15.4. The first kappa shape index (κ1) is 18.2. The third-order valence-electron chi connectivity index (χ3n) is 6.56. The standard InChI is InChI=1S/C17H30N2O5/c1-3-4-5-17-9-18-7-16(2,15(17)24)8-19(10-17)14(18)13(23)12(22)11(21)6-20/h11-14,20-23H,3-10H2,1-2H3/p+2/t11-,12-,13+,14?,16?,17?/m1/s1. The number of Topliss-reactive ketones (excluding diaryl/α,β-unsaturated/α-hetero) is 1. The normalized spacial score (nSPS) is 44.6. The molecule has 4 fully saturated rings. The van der Waals surface area contributed by atoms with E-state index in [2.05, 4.69) is 6.92 Å². The number of nitrogens with one attached hydrogen (secondary N) is 2. The Kier molecular flexibility index (Phi) is 4.79. The van der Waals surface area contributed by atoms with Crippen LogP contribution in [-0.2, 0) is 4.79 Å². The maximum Gasteiger partial charge on any atom is 0.242 e. The number of quaternary nitrogens is 2. The minimum absolute atomic E-state index is 0.253. The highest BCUT2D eigenvalue weighted by molar-refractivity contribution is 5.91. The highest BCUT2D eigenvalue weighted by Gasteiger charge is 2.70. The number of aliphatic hydroxyl groups excluding tert-OH is 4. The van der Waals surface area contributed by atoms with Crippen LogP contribution < -0.4 is 9.80 Å². The Morgan fingerprint density at radius 2 is 1.75 bits per heavy atom. The van der Waals surface area contributed by atoms with Crippen molar-refractivity contribution in [2.45, 2.75) is 57.6 Å². The van der Waals surface area contributed by atoms with E-state index in [1.807, 2.05) is 6.92 Å². The van der Waals surface area contributed by atoms with E-state index in [0.29, 0.717) is 32.0 Å². The first-order valence-corrected chi connectivity index (χ1v) is 9.17. The summed E-state index contributed by atoms with van der Waals surface area (Å²) in [5.41, 5.74) is -0.658. The molecule has 138 valence electrons. The van der Waals surface area contributed by atoms with Crippen LogP contribution in [0.4, 0.5) is 0 Å². The molecule has 4 aliphatic heterocycles. The van der Waals surface area contributed by atoms with Crippen molar-refractivity contribution in [3.8, 4) is 0 Å². The summed E-state index contributed by atoms with van der Waals surface area (Å²) >= 11 is 0. The van der Waals surface area contributed by atoms with Crippen molar-refractivity contribution in [1.82, 2.24) is 0 Å². The van der Waals surface area contributed by atoms with Crippen molar-refractivity contribution in [3.63, 3.8) is 0 Å². The van der Waals surface area contributed by atoms with Gasteiger partial charge in [0.25, 0.3) is 0 Å². The Morgan fingerprint density at radius 1 is 1.17 bits per heavy atom. The maximum absolute atomic E-state index is 13.1. The lowest BCUT2D eigenvalue weighted by Gasteiger charge is -2.60. The van der Waals surface area contributed by atoms with Gasteiger partial charge in [-0.25, -0.2) is 0 Å². The number of hydrogen-bond donors (Lipinski definition) is 6. The molecule has 7 nitrogen and oxygen atoms in total. The second-order valence-corrected chi connectivity index (χ2v) is 8.51. The van der Waals surface area contributed by atoms with Gasteiger partial charge >= 0.3 is 0 Å². The van der Waals surface area contributed by atoms with E-state index >= 15 is 0 Å². The largest absolute Gasteiger partial charge is 0.394 e. The summed E-state index contributed by atoms with van der Waals surface area (Å²) in [7, 11) is 0. The highest BCUT2D eigenvalue weighted by atomic mass is 16.4. The van der Waals surface area contributed by atoms with Gasteiger partial charge in [-0.3, -0.25) is 14.6 Å². The Labute approximate surface area is 142 Å².